The van der Waals surface area contributed by atoms with E-state index < -0.39 is 5.97 Å². The third-order valence-electron chi connectivity index (χ3n) is 5.78. The molecule has 33 heavy (non-hydrogen) atoms. The van der Waals surface area contributed by atoms with Gasteiger partial charge in [0.2, 0.25) is 0 Å². The summed E-state index contributed by atoms with van der Waals surface area (Å²) in [5, 5.41) is 0.793. The number of methoxy groups -OCH3 is 1. The fourth-order valence-electron chi connectivity index (χ4n) is 3.94. The highest BCUT2D eigenvalue weighted by atomic mass is 16.5. The summed E-state index contributed by atoms with van der Waals surface area (Å²) >= 11 is 0. The summed E-state index contributed by atoms with van der Waals surface area (Å²) < 4.78 is 11.1. The molecule has 1 heterocycles. The second-order valence-electron chi connectivity index (χ2n) is 9.43. The predicted octanol–water partition coefficient (Wildman–Crippen LogP) is 7.04. The van der Waals surface area contributed by atoms with Crippen LogP contribution in [-0.4, -0.2) is 18.1 Å². The molecule has 1 aromatic heterocycles. The van der Waals surface area contributed by atoms with Gasteiger partial charge in [0.05, 0.1) is 23.9 Å². The zero-order valence-corrected chi connectivity index (χ0v) is 20.0. The van der Waals surface area contributed by atoms with Crippen molar-refractivity contribution in [3.8, 4) is 22.8 Å². The van der Waals surface area contributed by atoms with Gasteiger partial charge in [-0.3, -0.25) is 0 Å². The Kier molecular flexibility index (Phi) is 5.94. The van der Waals surface area contributed by atoms with E-state index in [1.165, 1.54) is 5.56 Å². The Morgan fingerprint density at radius 3 is 2.09 bits per heavy atom. The Morgan fingerprint density at radius 1 is 0.848 bits per heavy atom. The number of ether oxygens (including phenoxy) is 2. The fraction of sp³-hybridized carbons (Fsp3) is 0.241. The van der Waals surface area contributed by atoms with Crippen LogP contribution in [0.25, 0.3) is 22.2 Å². The van der Waals surface area contributed by atoms with Crippen LogP contribution in [-0.2, 0) is 5.41 Å². The number of aryl methyl sites for hydroxylation is 2. The molecule has 0 amide bonds. The average Bonchev–Trinajstić information content (AvgIpc) is 2.78. The van der Waals surface area contributed by atoms with Gasteiger partial charge >= 0.3 is 5.97 Å². The molecule has 0 atom stereocenters. The van der Waals surface area contributed by atoms with Crippen molar-refractivity contribution in [2.75, 3.05) is 7.11 Å². The van der Waals surface area contributed by atoms with E-state index in [-0.39, 0.29) is 5.41 Å². The monoisotopic (exact) mass is 439 g/mol. The van der Waals surface area contributed by atoms with Crippen molar-refractivity contribution in [1.82, 2.24) is 4.98 Å². The lowest BCUT2D eigenvalue weighted by Gasteiger charge is -2.19. The fourth-order valence-corrected chi connectivity index (χ4v) is 3.94. The molecule has 4 nitrogen and oxygen atoms in total. The van der Waals surface area contributed by atoms with Crippen LogP contribution in [0.3, 0.4) is 0 Å². The van der Waals surface area contributed by atoms with Gasteiger partial charge in [0.1, 0.15) is 11.5 Å². The van der Waals surface area contributed by atoms with E-state index >= 15 is 0 Å². The molecule has 168 valence electrons. The zero-order chi connectivity index (χ0) is 23.8. The maximum Gasteiger partial charge on any atom is 0.344 e. The van der Waals surface area contributed by atoms with Crippen LogP contribution in [0.5, 0.6) is 11.5 Å². The number of aromatic nitrogens is 1. The molecule has 0 aliphatic heterocycles. The minimum absolute atomic E-state index is 0.0339. The van der Waals surface area contributed by atoms with Crippen LogP contribution in [0.15, 0.2) is 66.7 Å². The van der Waals surface area contributed by atoms with E-state index in [4.69, 9.17) is 14.5 Å². The van der Waals surface area contributed by atoms with Crippen molar-refractivity contribution in [3.63, 3.8) is 0 Å². The normalized spacial score (nSPS) is 11.5. The van der Waals surface area contributed by atoms with Crippen molar-refractivity contribution >= 4 is 16.9 Å². The van der Waals surface area contributed by atoms with Gasteiger partial charge in [0.25, 0.3) is 0 Å². The molecular weight excluding hydrogens is 410 g/mol. The van der Waals surface area contributed by atoms with Gasteiger partial charge in [0.15, 0.2) is 0 Å². The highest BCUT2D eigenvalue weighted by Gasteiger charge is 2.19. The second kappa shape index (κ2) is 8.70. The predicted molar refractivity (Wildman–Crippen MR) is 133 cm³/mol. The Morgan fingerprint density at radius 2 is 1.48 bits per heavy atom. The molecule has 0 saturated carbocycles. The molecule has 4 rings (SSSR count). The third kappa shape index (κ3) is 4.75. The first-order valence-corrected chi connectivity index (χ1v) is 11.0. The number of benzene rings is 3. The molecule has 0 aliphatic rings. The number of hydrogen-bond donors (Lipinski definition) is 0. The first-order chi connectivity index (χ1) is 15.7. The number of pyridine rings is 1. The number of carbonyl (C=O) groups excluding carboxylic acids is 1. The summed E-state index contributed by atoms with van der Waals surface area (Å²) in [6.07, 6.45) is 0. The number of hydrogen-bond acceptors (Lipinski definition) is 4. The zero-order valence-electron chi connectivity index (χ0n) is 20.0. The van der Waals surface area contributed by atoms with E-state index in [2.05, 4.69) is 26.8 Å². The standard InChI is InChI=1S/C29H29NO3/c1-18-15-19(2)27-24(16-18)25(17-26(30-27)20-7-11-22(32-6)12-8-20)28(31)33-23-13-9-21(10-14-23)29(3,4)5/h7-17H,1-6H3. The van der Waals surface area contributed by atoms with E-state index in [0.717, 1.165) is 33.3 Å². The van der Waals surface area contributed by atoms with Crippen LogP contribution in [0, 0.1) is 13.8 Å². The smallest absolute Gasteiger partial charge is 0.344 e. The minimum atomic E-state index is -0.398. The molecule has 0 fully saturated rings. The van der Waals surface area contributed by atoms with E-state index in [9.17, 15) is 4.79 Å². The third-order valence-corrected chi connectivity index (χ3v) is 5.78. The van der Waals surface area contributed by atoms with Crippen LogP contribution >= 0.6 is 0 Å². The molecule has 0 saturated heterocycles. The Labute approximate surface area is 195 Å². The Bertz CT molecular complexity index is 1310. The first-order valence-electron chi connectivity index (χ1n) is 11.0. The van der Waals surface area contributed by atoms with Crippen molar-refractivity contribution in [2.24, 2.45) is 0 Å². The Hall–Kier alpha value is -3.66. The molecule has 0 aliphatic carbocycles. The molecule has 3 aromatic carbocycles. The summed E-state index contributed by atoms with van der Waals surface area (Å²) in [5.74, 6) is 0.892. The van der Waals surface area contributed by atoms with Crippen LogP contribution in [0.1, 0.15) is 47.8 Å². The van der Waals surface area contributed by atoms with E-state index in [1.54, 1.807) is 7.11 Å². The first kappa shape index (κ1) is 22.5. The molecule has 0 N–H and O–H groups in total. The minimum Gasteiger partial charge on any atom is -0.497 e. The molecule has 0 spiro atoms. The van der Waals surface area contributed by atoms with Crippen molar-refractivity contribution in [3.05, 3.63) is 89.0 Å². The largest absolute Gasteiger partial charge is 0.497 e. The molecular formula is C29H29NO3. The molecule has 0 unspecified atom stereocenters. The number of nitrogens with zero attached hydrogens (tertiary/aromatic N) is 1. The summed E-state index contributed by atoms with van der Waals surface area (Å²) in [6.45, 7) is 10.5. The highest BCUT2D eigenvalue weighted by molar-refractivity contribution is 6.06. The molecule has 0 radical (unpaired) electrons. The quantitative estimate of drug-likeness (QED) is 0.253. The molecule has 4 aromatic rings. The van der Waals surface area contributed by atoms with E-state index in [1.807, 2.05) is 74.5 Å². The van der Waals surface area contributed by atoms with Gasteiger partial charge in [-0.15, -0.1) is 0 Å². The van der Waals surface area contributed by atoms with E-state index in [0.29, 0.717) is 17.0 Å². The van der Waals surface area contributed by atoms with Crippen molar-refractivity contribution < 1.29 is 14.3 Å². The number of carbonyl (C=O) groups is 1. The van der Waals surface area contributed by atoms with Gasteiger partial charge < -0.3 is 9.47 Å². The number of fused-ring (bicyclic) bond motifs is 1. The van der Waals surface area contributed by atoms with Gasteiger partial charge in [-0.05, 0) is 78.9 Å². The number of rotatable bonds is 4. The maximum atomic E-state index is 13.3. The summed E-state index contributed by atoms with van der Waals surface area (Å²) in [4.78, 5) is 18.2. The summed E-state index contributed by atoms with van der Waals surface area (Å²) in [6, 6.07) is 21.2. The topological polar surface area (TPSA) is 48.4 Å². The second-order valence-corrected chi connectivity index (χ2v) is 9.43. The van der Waals surface area contributed by atoms with Crippen LogP contribution < -0.4 is 9.47 Å². The SMILES string of the molecule is COc1ccc(-c2cc(C(=O)Oc3ccc(C(C)(C)C)cc3)c3cc(C)cc(C)c3n2)cc1. The molecule has 0 bridgehead atoms. The summed E-state index contributed by atoms with van der Waals surface area (Å²) in [5.41, 5.74) is 6.22. The lowest BCUT2D eigenvalue weighted by atomic mass is 9.87. The van der Waals surface area contributed by atoms with Gasteiger partial charge in [-0.25, -0.2) is 9.78 Å². The van der Waals surface area contributed by atoms with Crippen LogP contribution in [0.2, 0.25) is 0 Å². The van der Waals surface area contributed by atoms with Crippen molar-refractivity contribution in [2.45, 2.75) is 40.0 Å². The Balaban J connectivity index is 1.78. The van der Waals surface area contributed by atoms with Gasteiger partial charge in [0, 0.05) is 10.9 Å². The highest BCUT2D eigenvalue weighted by Crippen LogP contribution is 2.30. The average molecular weight is 440 g/mol. The van der Waals surface area contributed by atoms with Crippen LogP contribution in [0.4, 0.5) is 0 Å². The lowest BCUT2D eigenvalue weighted by Crippen LogP contribution is -2.12. The van der Waals surface area contributed by atoms with Gasteiger partial charge in [-0.1, -0.05) is 44.5 Å². The summed E-state index contributed by atoms with van der Waals surface area (Å²) in [7, 11) is 1.64. The number of esters is 1. The van der Waals surface area contributed by atoms with Gasteiger partial charge in [-0.2, -0.15) is 0 Å². The van der Waals surface area contributed by atoms with Crippen molar-refractivity contribution in [1.29, 1.82) is 0 Å². The lowest BCUT2D eigenvalue weighted by molar-refractivity contribution is 0.0737. The molecule has 4 heteroatoms. The maximum absolute atomic E-state index is 13.3.